The van der Waals surface area contributed by atoms with E-state index in [0.717, 1.165) is 10.5 Å². The number of carbonyl (C=O) groups is 5. The lowest BCUT2D eigenvalue weighted by Crippen LogP contribution is -2.57. The molecule has 0 aliphatic carbocycles. The minimum atomic E-state index is -1.38. The lowest BCUT2D eigenvalue weighted by atomic mass is 9.94. The fourth-order valence-corrected chi connectivity index (χ4v) is 4.60. The van der Waals surface area contributed by atoms with Gasteiger partial charge in [0, 0.05) is 12.2 Å². The summed E-state index contributed by atoms with van der Waals surface area (Å²) in [6.45, 7) is 7.21. The number of ketones is 2. The van der Waals surface area contributed by atoms with Crippen molar-refractivity contribution < 1.29 is 33.4 Å². The summed E-state index contributed by atoms with van der Waals surface area (Å²) >= 11 is 1.41. The van der Waals surface area contributed by atoms with Gasteiger partial charge in [-0.1, -0.05) is 88.4 Å². The molecule has 0 fully saturated rings. The molecule has 2 rings (SSSR count). The number of benzene rings is 2. The van der Waals surface area contributed by atoms with Crippen LogP contribution >= 0.6 is 11.8 Å². The topological polar surface area (TPSA) is 119 Å². The van der Waals surface area contributed by atoms with Crippen molar-refractivity contribution >= 4 is 41.4 Å². The number of hydrogen-bond acceptors (Lipinski definition) is 8. The number of amides is 3. The molecule has 2 aromatic carbocycles. The van der Waals surface area contributed by atoms with Crippen LogP contribution in [-0.2, 0) is 37.1 Å². The zero-order valence-corrected chi connectivity index (χ0v) is 25.9. The van der Waals surface area contributed by atoms with Crippen molar-refractivity contribution in [2.75, 3.05) is 12.0 Å². The van der Waals surface area contributed by atoms with E-state index in [1.165, 1.54) is 11.8 Å². The Bertz CT molecular complexity index is 1170. The number of alkyl carbamates (subject to hydrolysis) is 1. The van der Waals surface area contributed by atoms with E-state index in [4.69, 9.17) is 9.47 Å². The van der Waals surface area contributed by atoms with Crippen LogP contribution in [0.1, 0.15) is 58.1 Å². The van der Waals surface area contributed by atoms with Crippen LogP contribution in [0.25, 0.3) is 0 Å². The van der Waals surface area contributed by atoms with Crippen LogP contribution in [0.3, 0.4) is 0 Å². The molecule has 228 valence electrons. The van der Waals surface area contributed by atoms with Crippen molar-refractivity contribution in [2.45, 2.75) is 72.3 Å². The van der Waals surface area contributed by atoms with E-state index < -0.39 is 41.7 Å². The summed E-state index contributed by atoms with van der Waals surface area (Å²) in [4.78, 5) is 67.5. The van der Waals surface area contributed by atoms with Crippen molar-refractivity contribution in [3.63, 3.8) is 0 Å². The first-order chi connectivity index (χ1) is 20.0. The van der Waals surface area contributed by atoms with Crippen LogP contribution in [-0.4, -0.2) is 58.7 Å². The Morgan fingerprint density at radius 1 is 0.786 bits per heavy atom. The first kappa shape index (κ1) is 34.5. The summed E-state index contributed by atoms with van der Waals surface area (Å²) in [5.41, 5.74) is 1.44. The molecule has 0 saturated carbocycles. The molecule has 0 heterocycles. The average molecular weight is 599 g/mol. The van der Waals surface area contributed by atoms with E-state index >= 15 is 0 Å². The minimum absolute atomic E-state index is 0.0174. The molecule has 0 unspecified atom stereocenters. The molecule has 9 nitrogen and oxygen atoms in total. The Balaban J connectivity index is 2.39. The van der Waals surface area contributed by atoms with Gasteiger partial charge in [0.1, 0.15) is 25.3 Å². The first-order valence-electron chi connectivity index (χ1n) is 14.1. The molecule has 10 heteroatoms. The number of ether oxygens (including phenoxy) is 2. The third kappa shape index (κ3) is 11.7. The predicted octanol–water partition coefficient (Wildman–Crippen LogP) is 5.80. The number of imide groups is 1. The highest BCUT2D eigenvalue weighted by atomic mass is 32.2. The van der Waals surface area contributed by atoms with Crippen molar-refractivity contribution in [3.05, 3.63) is 71.8 Å². The number of nitrogens with one attached hydrogen (secondary N) is 1. The molecular formula is C32H42N2O7S. The molecular weight excluding hydrogens is 556 g/mol. The highest BCUT2D eigenvalue weighted by Crippen LogP contribution is 2.20. The van der Waals surface area contributed by atoms with E-state index in [9.17, 15) is 24.0 Å². The maximum absolute atomic E-state index is 14.1. The van der Waals surface area contributed by atoms with Crippen molar-refractivity contribution in [2.24, 2.45) is 11.8 Å². The lowest BCUT2D eigenvalue weighted by Gasteiger charge is -2.32. The fraction of sp³-hybridized carbons (Fsp3) is 0.469. The molecule has 0 saturated heterocycles. The number of rotatable bonds is 16. The molecule has 0 radical (unpaired) electrons. The Morgan fingerprint density at radius 3 is 1.81 bits per heavy atom. The maximum atomic E-state index is 14.1. The third-order valence-electron chi connectivity index (χ3n) is 6.27. The van der Waals surface area contributed by atoms with Crippen LogP contribution in [0.15, 0.2) is 60.7 Å². The highest BCUT2D eigenvalue weighted by molar-refractivity contribution is 7.98. The molecule has 1 N–H and O–H groups in total. The van der Waals surface area contributed by atoms with Gasteiger partial charge in [0.05, 0.1) is 0 Å². The molecule has 0 bridgehead atoms. The van der Waals surface area contributed by atoms with Gasteiger partial charge in [0.25, 0.3) is 5.91 Å². The monoisotopic (exact) mass is 598 g/mol. The summed E-state index contributed by atoms with van der Waals surface area (Å²) in [5.74, 6) is -2.13. The van der Waals surface area contributed by atoms with E-state index in [1.807, 2.05) is 58.2 Å². The zero-order valence-electron chi connectivity index (χ0n) is 25.0. The Kier molecular flexibility index (Phi) is 14.8. The number of thioether (sulfide) groups is 1. The van der Waals surface area contributed by atoms with Gasteiger partial charge in [-0.3, -0.25) is 14.4 Å². The number of nitrogens with zero attached hydrogens (tertiary/aromatic N) is 1. The van der Waals surface area contributed by atoms with Crippen LogP contribution in [0.5, 0.6) is 0 Å². The van der Waals surface area contributed by atoms with Crippen molar-refractivity contribution in [1.29, 1.82) is 0 Å². The van der Waals surface area contributed by atoms with Gasteiger partial charge < -0.3 is 14.8 Å². The smallest absolute Gasteiger partial charge is 0.417 e. The zero-order chi connectivity index (χ0) is 31.1. The van der Waals surface area contributed by atoms with Gasteiger partial charge in [-0.15, -0.1) is 0 Å². The second-order valence-corrected chi connectivity index (χ2v) is 11.8. The molecule has 0 spiro atoms. The Morgan fingerprint density at radius 2 is 1.31 bits per heavy atom. The average Bonchev–Trinajstić information content (AvgIpc) is 2.97. The van der Waals surface area contributed by atoms with E-state index in [1.54, 1.807) is 36.4 Å². The summed E-state index contributed by atoms with van der Waals surface area (Å²) in [7, 11) is 0. The Labute approximate surface area is 252 Å². The molecule has 0 aliphatic rings. The maximum Gasteiger partial charge on any atom is 0.417 e. The van der Waals surface area contributed by atoms with Crippen molar-refractivity contribution in [1.82, 2.24) is 10.2 Å². The normalized spacial score (nSPS) is 12.4. The van der Waals surface area contributed by atoms with Gasteiger partial charge in [0.2, 0.25) is 11.6 Å². The largest absolute Gasteiger partial charge is 0.445 e. The van der Waals surface area contributed by atoms with E-state index in [-0.39, 0.29) is 44.3 Å². The summed E-state index contributed by atoms with van der Waals surface area (Å²) in [5, 5.41) is 2.58. The first-order valence-corrected chi connectivity index (χ1v) is 15.5. The molecule has 3 amide bonds. The van der Waals surface area contributed by atoms with Crippen LogP contribution in [0, 0.1) is 11.8 Å². The van der Waals surface area contributed by atoms with Crippen LogP contribution < -0.4 is 5.32 Å². The second kappa shape index (κ2) is 18.0. The summed E-state index contributed by atoms with van der Waals surface area (Å²) in [6, 6.07) is 15.4. The summed E-state index contributed by atoms with van der Waals surface area (Å²) in [6.07, 6.45) is 0.106. The van der Waals surface area contributed by atoms with Crippen LogP contribution in [0.4, 0.5) is 9.59 Å². The lowest BCUT2D eigenvalue weighted by molar-refractivity contribution is -0.145. The van der Waals surface area contributed by atoms with Gasteiger partial charge in [-0.2, -0.15) is 11.8 Å². The molecule has 0 aliphatic heterocycles. The summed E-state index contributed by atoms with van der Waals surface area (Å²) < 4.78 is 10.8. The van der Waals surface area contributed by atoms with Crippen molar-refractivity contribution in [3.8, 4) is 0 Å². The molecule has 2 atom stereocenters. The molecule has 42 heavy (non-hydrogen) atoms. The van der Waals surface area contributed by atoms with Gasteiger partial charge in [-0.25, -0.2) is 14.5 Å². The predicted molar refractivity (Wildman–Crippen MR) is 163 cm³/mol. The second-order valence-electron chi connectivity index (χ2n) is 10.8. The fourth-order valence-electron chi connectivity index (χ4n) is 4.21. The molecule has 0 aromatic heterocycles. The van der Waals surface area contributed by atoms with Crippen LogP contribution in [0.2, 0.25) is 0 Å². The third-order valence-corrected chi connectivity index (χ3v) is 6.88. The Hall–Kier alpha value is -3.66. The van der Waals surface area contributed by atoms with Gasteiger partial charge in [0.15, 0.2) is 0 Å². The SMILES string of the molecule is CSCCC(=O)C(=O)[C@H](CC(C)C)N(C(=O)OCc1ccccc1)C(=O)[C@H](CC(C)C)NC(=O)OCc1ccccc1. The van der Waals surface area contributed by atoms with E-state index in [2.05, 4.69) is 5.32 Å². The number of hydrogen-bond donors (Lipinski definition) is 1. The highest BCUT2D eigenvalue weighted by Gasteiger charge is 2.42. The standard InChI is InChI=1S/C32H42N2O7S/c1-22(2)18-26(33-31(38)40-20-24-12-8-6-9-13-24)30(37)34(32(39)41-21-25-14-10-7-11-15-25)27(19-23(3)4)29(36)28(35)16-17-42-5/h6-15,22-23,26-27H,16-21H2,1-5H3,(H,33,38)/t26-,27-/m0/s1. The minimum Gasteiger partial charge on any atom is -0.445 e. The van der Waals surface area contributed by atoms with Gasteiger partial charge in [-0.05, 0) is 42.1 Å². The van der Waals surface area contributed by atoms with E-state index in [0.29, 0.717) is 11.3 Å². The quantitative estimate of drug-likeness (QED) is 0.241. The number of Topliss-reactive ketones (excluding diaryl/α,β-unsaturated/α-hetero) is 2. The number of carbonyl (C=O) groups excluding carboxylic acids is 5. The van der Waals surface area contributed by atoms with Gasteiger partial charge >= 0.3 is 12.2 Å². The molecule has 2 aromatic rings.